The van der Waals surface area contributed by atoms with Gasteiger partial charge in [0.25, 0.3) is 10.0 Å². The first kappa shape index (κ1) is 26.3. The molecule has 0 aliphatic heterocycles. The number of hydrogen-bond donors (Lipinski definition) is 1. The van der Waals surface area contributed by atoms with Crippen molar-refractivity contribution in [2.45, 2.75) is 18.0 Å². The van der Waals surface area contributed by atoms with Gasteiger partial charge in [0, 0.05) is 5.69 Å². The molecule has 3 aromatic rings. The highest BCUT2D eigenvalue weighted by Gasteiger charge is 2.34. The molecule has 0 fully saturated rings. The molecule has 35 heavy (non-hydrogen) atoms. The number of ether oxygens (including phenoxy) is 1. The molecule has 3 rings (SSSR count). The summed E-state index contributed by atoms with van der Waals surface area (Å²) in [6, 6.07) is 12.6. The van der Waals surface area contributed by atoms with Gasteiger partial charge in [-0.3, -0.25) is 9.10 Å². The van der Waals surface area contributed by atoms with Crippen LogP contribution >= 0.6 is 11.6 Å². The van der Waals surface area contributed by atoms with Gasteiger partial charge >= 0.3 is 6.18 Å². The van der Waals surface area contributed by atoms with Gasteiger partial charge in [0.15, 0.2) is 0 Å². The van der Waals surface area contributed by atoms with Crippen molar-refractivity contribution in [1.82, 2.24) is 0 Å². The van der Waals surface area contributed by atoms with E-state index in [2.05, 4.69) is 5.32 Å². The molecule has 0 aliphatic carbocycles. The lowest BCUT2D eigenvalue weighted by Crippen LogP contribution is -2.38. The SMILES string of the molecule is CCOc1ccc(N(CC(=O)Nc2ccc(Cl)c(C(F)(F)F)c2)S(=O)(=O)c2ccc(F)cc2)cc1. The lowest BCUT2D eigenvalue weighted by molar-refractivity contribution is -0.137. The lowest BCUT2D eigenvalue weighted by atomic mass is 10.2. The van der Waals surface area contributed by atoms with Crippen LogP contribution in [0.25, 0.3) is 0 Å². The number of nitrogens with one attached hydrogen (secondary N) is 1. The Morgan fingerprint density at radius 2 is 1.66 bits per heavy atom. The van der Waals surface area contributed by atoms with Gasteiger partial charge in [0.2, 0.25) is 5.91 Å². The average Bonchev–Trinajstić information content (AvgIpc) is 2.79. The molecule has 0 radical (unpaired) electrons. The quantitative estimate of drug-likeness (QED) is 0.377. The Labute approximate surface area is 204 Å². The predicted octanol–water partition coefficient (Wildman–Crippen LogP) is 5.73. The summed E-state index contributed by atoms with van der Waals surface area (Å²) in [5.41, 5.74) is -1.29. The summed E-state index contributed by atoms with van der Waals surface area (Å²) in [7, 11) is -4.36. The summed E-state index contributed by atoms with van der Waals surface area (Å²) < 4.78 is 85.4. The molecule has 0 bridgehead atoms. The Bertz CT molecular complexity index is 1300. The normalized spacial score (nSPS) is 11.7. The van der Waals surface area contributed by atoms with Gasteiger partial charge in [-0.25, -0.2) is 12.8 Å². The van der Waals surface area contributed by atoms with Crippen LogP contribution in [-0.4, -0.2) is 27.5 Å². The van der Waals surface area contributed by atoms with E-state index in [9.17, 15) is 30.8 Å². The zero-order valence-electron chi connectivity index (χ0n) is 18.1. The van der Waals surface area contributed by atoms with Crippen molar-refractivity contribution in [2.75, 3.05) is 22.8 Å². The maximum atomic E-state index is 13.3. The molecule has 6 nitrogen and oxygen atoms in total. The third kappa shape index (κ3) is 6.43. The van der Waals surface area contributed by atoms with Gasteiger partial charge in [0.1, 0.15) is 18.1 Å². The summed E-state index contributed by atoms with van der Waals surface area (Å²) in [4.78, 5) is 12.4. The molecule has 0 unspecified atom stereocenters. The first-order valence-corrected chi connectivity index (χ1v) is 11.9. The lowest BCUT2D eigenvalue weighted by Gasteiger charge is -2.24. The van der Waals surface area contributed by atoms with E-state index in [0.717, 1.165) is 40.7 Å². The number of alkyl halides is 3. The van der Waals surface area contributed by atoms with Crippen molar-refractivity contribution in [3.63, 3.8) is 0 Å². The van der Waals surface area contributed by atoms with Crippen LogP contribution in [0.1, 0.15) is 12.5 Å². The highest BCUT2D eigenvalue weighted by molar-refractivity contribution is 7.92. The first-order valence-electron chi connectivity index (χ1n) is 10.1. The number of rotatable bonds is 8. The van der Waals surface area contributed by atoms with Crippen LogP contribution in [0, 0.1) is 5.82 Å². The number of anilines is 2. The number of amides is 1. The minimum atomic E-state index is -4.75. The van der Waals surface area contributed by atoms with Crippen LogP contribution in [0.4, 0.5) is 28.9 Å². The van der Waals surface area contributed by atoms with Crippen molar-refractivity contribution in [3.8, 4) is 5.75 Å². The van der Waals surface area contributed by atoms with E-state index < -0.39 is 45.1 Å². The predicted molar refractivity (Wildman–Crippen MR) is 124 cm³/mol. The van der Waals surface area contributed by atoms with Crippen LogP contribution in [0.3, 0.4) is 0 Å². The van der Waals surface area contributed by atoms with Gasteiger partial charge < -0.3 is 10.1 Å². The van der Waals surface area contributed by atoms with Gasteiger partial charge in [-0.2, -0.15) is 13.2 Å². The molecule has 1 amide bonds. The minimum Gasteiger partial charge on any atom is -0.494 e. The fraction of sp³-hybridized carbons (Fsp3) is 0.174. The smallest absolute Gasteiger partial charge is 0.417 e. The molecule has 0 atom stereocenters. The van der Waals surface area contributed by atoms with E-state index in [-0.39, 0.29) is 16.3 Å². The standard InChI is InChI=1S/C23H19ClF4N2O4S/c1-2-34-18-8-6-17(7-9-18)30(35(32,33)19-10-3-15(25)4-11-19)14-22(31)29-16-5-12-21(24)20(13-16)23(26,27)28/h3-13H,2,14H2,1H3,(H,29,31). The molecule has 0 aliphatic rings. The van der Waals surface area contributed by atoms with Crippen LogP contribution < -0.4 is 14.4 Å². The zero-order valence-corrected chi connectivity index (χ0v) is 19.7. The Kier molecular flexibility index (Phi) is 7.91. The Balaban J connectivity index is 1.94. The number of halogens is 5. The molecule has 3 aromatic carbocycles. The number of sulfonamides is 1. The van der Waals surface area contributed by atoms with Crippen molar-refractivity contribution >= 4 is 38.9 Å². The highest BCUT2D eigenvalue weighted by Crippen LogP contribution is 2.36. The van der Waals surface area contributed by atoms with E-state index >= 15 is 0 Å². The minimum absolute atomic E-state index is 0.0833. The topological polar surface area (TPSA) is 75.7 Å². The molecule has 0 heterocycles. The maximum absolute atomic E-state index is 13.3. The summed E-state index contributed by atoms with van der Waals surface area (Å²) in [5, 5.41) is 1.71. The summed E-state index contributed by atoms with van der Waals surface area (Å²) in [6.07, 6.45) is -4.75. The van der Waals surface area contributed by atoms with E-state index in [0.29, 0.717) is 18.4 Å². The van der Waals surface area contributed by atoms with Crippen molar-refractivity contribution in [2.24, 2.45) is 0 Å². The number of nitrogens with zero attached hydrogens (tertiary/aromatic N) is 1. The van der Waals surface area contributed by atoms with Gasteiger partial charge in [-0.1, -0.05) is 11.6 Å². The molecule has 0 saturated carbocycles. The molecular weight excluding hydrogens is 512 g/mol. The third-order valence-electron chi connectivity index (χ3n) is 4.68. The van der Waals surface area contributed by atoms with E-state index in [1.165, 1.54) is 24.3 Å². The molecule has 1 N–H and O–H groups in total. The van der Waals surface area contributed by atoms with E-state index in [1.807, 2.05) is 0 Å². The fourth-order valence-corrected chi connectivity index (χ4v) is 4.72. The van der Waals surface area contributed by atoms with Crippen LogP contribution in [0.2, 0.25) is 5.02 Å². The van der Waals surface area contributed by atoms with Crippen molar-refractivity contribution < 1.29 is 35.5 Å². The summed E-state index contributed by atoms with van der Waals surface area (Å²) in [5.74, 6) is -1.11. The number of carbonyl (C=O) groups is 1. The highest BCUT2D eigenvalue weighted by atomic mass is 35.5. The zero-order chi connectivity index (χ0) is 25.8. The first-order chi connectivity index (χ1) is 16.4. The summed E-state index contributed by atoms with van der Waals surface area (Å²) >= 11 is 5.60. The Hall–Kier alpha value is -3.31. The van der Waals surface area contributed by atoms with Gasteiger partial charge in [-0.15, -0.1) is 0 Å². The second-order valence-electron chi connectivity index (χ2n) is 7.13. The van der Waals surface area contributed by atoms with Crippen molar-refractivity contribution in [3.05, 3.63) is 83.1 Å². The number of benzene rings is 3. The second kappa shape index (κ2) is 10.5. The molecule has 0 aromatic heterocycles. The van der Waals surface area contributed by atoms with E-state index in [4.69, 9.17) is 16.3 Å². The molecule has 0 saturated heterocycles. The van der Waals surface area contributed by atoms with E-state index in [1.54, 1.807) is 6.92 Å². The number of hydrogen-bond acceptors (Lipinski definition) is 4. The van der Waals surface area contributed by atoms with Crippen LogP contribution in [0.15, 0.2) is 71.6 Å². The second-order valence-corrected chi connectivity index (χ2v) is 9.40. The fourth-order valence-electron chi connectivity index (χ4n) is 3.08. The Morgan fingerprint density at radius 3 is 2.23 bits per heavy atom. The maximum Gasteiger partial charge on any atom is 0.417 e. The monoisotopic (exact) mass is 530 g/mol. The van der Waals surface area contributed by atoms with Crippen LogP contribution in [-0.2, 0) is 21.0 Å². The van der Waals surface area contributed by atoms with Crippen LogP contribution in [0.5, 0.6) is 5.75 Å². The largest absolute Gasteiger partial charge is 0.494 e. The van der Waals surface area contributed by atoms with Crippen molar-refractivity contribution in [1.29, 1.82) is 0 Å². The molecular formula is C23H19ClF4N2O4S. The third-order valence-corrected chi connectivity index (χ3v) is 6.80. The molecule has 186 valence electrons. The molecule has 12 heteroatoms. The summed E-state index contributed by atoms with van der Waals surface area (Å²) in [6.45, 7) is 1.36. The average molecular weight is 531 g/mol. The number of carbonyl (C=O) groups excluding carboxylic acids is 1. The molecule has 0 spiro atoms. The van der Waals surface area contributed by atoms with Gasteiger partial charge in [0.05, 0.1) is 27.8 Å². The Morgan fingerprint density at radius 1 is 1.03 bits per heavy atom. The van der Waals surface area contributed by atoms with Gasteiger partial charge in [-0.05, 0) is 73.7 Å².